The first-order valence-electron chi connectivity index (χ1n) is 1.17. The molecule has 0 radical (unpaired) electrons. The molecule has 0 unspecified atom stereocenters. The Morgan fingerprint density at radius 2 is 2.40 bits per heavy atom. The summed E-state index contributed by atoms with van der Waals surface area (Å²) in [5, 5.41) is 9.81. The molecule has 0 saturated carbocycles. The average molecular weight is 71.9 g/mol. The van der Waals surface area contributed by atoms with Crippen LogP contribution in [-0.2, 0) is 0 Å². The molecular formula is CH5BN2O. The zero-order valence-electron chi connectivity index (χ0n) is 2.73. The molecule has 0 atom stereocenters. The van der Waals surface area contributed by atoms with E-state index in [1.807, 2.05) is 0 Å². The first-order valence-corrected chi connectivity index (χ1v) is 1.17. The van der Waals surface area contributed by atoms with Gasteiger partial charge in [-0.05, 0) is 0 Å². The van der Waals surface area contributed by atoms with Crippen molar-refractivity contribution in [1.29, 1.82) is 0 Å². The molecular weight excluding hydrogens is 66.8 g/mol. The minimum atomic E-state index is 1.32. The number of nitrogens with one attached hydrogen (secondary N) is 2. The van der Waals surface area contributed by atoms with E-state index in [0.29, 0.717) is 0 Å². The molecule has 0 aromatic rings. The molecule has 0 aromatic carbocycles. The Morgan fingerprint density at radius 3 is 2.40 bits per heavy atom. The zero-order chi connectivity index (χ0) is 4.12. The van der Waals surface area contributed by atoms with E-state index in [1.165, 1.54) is 7.06 Å². The fourth-order valence-corrected chi connectivity index (χ4v) is 0.0456. The van der Waals surface area contributed by atoms with Gasteiger partial charge in [-0.2, -0.15) is 0 Å². The van der Waals surface area contributed by atoms with Crippen LogP contribution in [0.5, 0.6) is 0 Å². The van der Waals surface area contributed by atoms with E-state index in [4.69, 9.17) is 5.21 Å². The van der Waals surface area contributed by atoms with Gasteiger partial charge < -0.3 is 0 Å². The van der Waals surface area contributed by atoms with Gasteiger partial charge in [0.2, 0.25) is 0 Å². The molecule has 0 aliphatic rings. The minimum absolute atomic E-state index is 1.32. The molecule has 3 N–H and O–H groups in total. The van der Waals surface area contributed by atoms with Gasteiger partial charge >= 0.3 is 29.7 Å². The van der Waals surface area contributed by atoms with Gasteiger partial charge in [-0.1, -0.05) is 0 Å². The molecule has 0 rings (SSSR count). The maximum atomic E-state index is 7.63. The van der Waals surface area contributed by atoms with Crippen molar-refractivity contribution in [2.24, 2.45) is 0 Å². The second-order valence-electron chi connectivity index (χ2n) is 0.460. The first kappa shape index (κ1) is 4.65. The van der Waals surface area contributed by atoms with Gasteiger partial charge in [0.25, 0.3) is 0 Å². The van der Waals surface area contributed by atoms with Gasteiger partial charge in [-0.3, -0.25) is 0 Å². The van der Waals surface area contributed by atoms with Crippen LogP contribution in [0, 0.1) is 0 Å². The normalized spacial score (nSPS) is 5.80. The van der Waals surface area contributed by atoms with Crippen molar-refractivity contribution in [3.63, 3.8) is 0 Å². The SMILES string of the molecule is C=BNNO. The summed E-state index contributed by atoms with van der Waals surface area (Å²) >= 11 is 0. The first-order chi connectivity index (χ1) is 2.41. The van der Waals surface area contributed by atoms with Crippen molar-refractivity contribution in [2.75, 3.05) is 0 Å². The Kier molecular flexibility index (Phi) is 3.40. The molecule has 4 heteroatoms. The second kappa shape index (κ2) is 3.65. The van der Waals surface area contributed by atoms with Crippen LogP contribution in [0.25, 0.3) is 0 Å². The van der Waals surface area contributed by atoms with E-state index in [1.54, 1.807) is 5.59 Å². The molecule has 0 spiro atoms. The number of hydrogen-bond donors (Lipinski definition) is 3. The quantitative estimate of drug-likeness (QED) is 0.275. The van der Waals surface area contributed by atoms with E-state index in [-0.39, 0.29) is 0 Å². The Labute approximate surface area is 30.9 Å². The number of hydrogen-bond acceptors (Lipinski definition) is 3. The van der Waals surface area contributed by atoms with Gasteiger partial charge in [0.1, 0.15) is 0 Å². The summed E-state index contributed by atoms with van der Waals surface area (Å²) in [6, 6.07) is 0. The molecule has 28 valence electrons. The van der Waals surface area contributed by atoms with Crippen molar-refractivity contribution >= 4 is 13.5 Å². The molecule has 0 heterocycles. The Balaban J connectivity index is 2.40. The topological polar surface area (TPSA) is 44.3 Å². The van der Waals surface area contributed by atoms with Crippen LogP contribution in [0.4, 0.5) is 0 Å². The van der Waals surface area contributed by atoms with Crippen LogP contribution < -0.4 is 10.9 Å². The monoisotopic (exact) mass is 72.0 g/mol. The van der Waals surface area contributed by atoms with E-state index in [0.717, 1.165) is 0 Å². The van der Waals surface area contributed by atoms with Crippen LogP contribution in [-0.4, -0.2) is 18.7 Å². The van der Waals surface area contributed by atoms with Gasteiger partial charge in [-0.15, -0.1) is 0 Å². The Morgan fingerprint density at radius 1 is 1.80 bits per heavy atom. The summed E-state index contributed by atoms with van der Waals surface area (Å²) in [4.78, 5) is 0. The molecule has 0 aliphatic heterocycles. The summed E-state index contributed by atoms with van der Waals surface area (Å²) in [6.07, 6.45) is 0. The second-order valence-corrected chi connectivity index (χ2v) is 0.460. The van der Waals surface area contributed by atoms with Crippen LogP contribution >= 0.6 is 0 Å². The summed E-state index contributed by atoms with van der Waals surface area (Å²) < 4.78 is 0. The van der Waals surface area contributed by atoms with Crippen molar-refractivity contribution in [1.82, 2.24) is 10.9 Å². The molecule has 3 nitrogen and oxygen atoms in total. The standard InChI is InChI=1S/CH5BN2O/c1-2-3-4-5/h3-5H,1H2. The third-order valence-corrected chi connectivity index (χ3v) is 0.167. The summed E-state index contributed by atoms with van der Waals surface area (Å²) in [6.45, 7) is 3.22. The van der Waals surface area contributed by atoms with E-state index in [2.05, 4.69) is 11.8 Å². The van der Waals surface area contributed by atoms with Crippen molar-refractivity contribution < 1.29 is 5.21 Å². The molecule has 0 amide bonds. The number of hydrazine groups is 1. The molecule has 0 aliphatic carbocycles. The molecule has 5 heavy (non-hydrogen) atoms. The van der Waals surface area contributed by atoms with Gasteiger partial charge in [0.05, 0.1) is 0 Å². The van der Waals surface area contributed by atoms with Crippen LogP contribution in [0.1, 0.15) is 0 Å². The van der Waals surface area contributed by atoms with Crippen molar-refractivity contribution in [2.45, 2.75) is 0 Å². The van der Waals surface area contributed by atoms with Crippen LogP contribution in [0.2, 0.25) is 0 Å². The third kappa shape index (κ3) is 3.65. The zero-order valence-corrected chi connectivity index (χ0v) is 2.73. The van der Waals surface area contributed by atoms with Gasteiger partial charge in [-0.25, -0.2) is 0 Å². The predicted octanol–water partition coefficient (Wildman–Crippen LogP) is -1.48. The molecule has 0 saturated heterocycles. The summed E-state index contributed by atoms with van der Waals surface area (Å²) in [5.74, 6) is 0. The van der Waals surface area contributed by atoms with E-state index >= 15 is 0 Å². The predicted molar refractivity (Wildman–Crippen MR) is 20.9 cm³/mol. The summed E-state index contributed by atoms with van der Waals surface area (Å²) in [7, 11) is 1.32. The fourth-order valence-electron chi connectivity index (χ4n) is 0.0456. The van der Waals surface area contributed by atoms with Crippen molar-refractivity contribution in [3.05, 3.63) is 0 Å². The van der Waals surface area contributed by atoms with Crippen LogP contribution in [0.3, 0.4) is 0 Å². The number of rotatable bonds is 2. The maximum absolute atomic E-state index is 7.63. The third-order valence-electron chi connectivity index (χ3n) is 0.167. The Bertz CT molecular complexity index is 30.8. The van der Waals surface area contributed by atoms with Gasteiger partial charge in [0.15, 0.2) is 0 Å². The molecule has 0 fully saturated rings. The van der Waals surface area contributed by atoms with E-state index < -0.39 is 0 Å². The average Bonchev–Trinajstić information content (AvgIpc) is 1.41. The fraction of sp³-hybridized carbons (Fsp3) is 0. The molecule has 0 aromatic heterocycles. The van der Waals surface area contributed by atoms with Crippen LogP contribution in [0.15, 0.2) is 0 Å². The molecule has 0 bridgehead atoms. The van der Waals surface area contributed by atoms with E-state index in [9.17, 15) is 0 Å². The Hall–Kier alpha value is -0.345. The summed E-state index contributed by atoms with van der Waals surface area (Å²) in [5.41, 5.74) is 1.65. The van der Waals surface area contributed by atoms with Gasteiger partial charge in [0, 0.05) is 0 Å². The van der Waals surface area contributed by atoms with Crippen molar-refractivity contribution in [3.8, 4) is 0 Å².